The molecule has 2 saturated heterocycles. The molecule has 0 spiro atoms. The van der Waals surface area contributed by atoms with Gasteiger partial charge >= 0.3 is 18.0 Å². The van der Waals surface area contributed by atoms with E-state index in [0.717, 1.165) is 36.7 Å². The molecular weight excluding hydrogens is 396 g/mol. The number of piperazine rings is 1. The Morgan fingerprint density at radius 1 is 1.03 bits per heavy atom. The van der Waals surface area contributed by atoms with Crippen molar-refractivity contribution in [2.75, 3.05) is 37.9 Å². The van der Waals surface area contributed by atoms with Crippen LogP contribution in [0.25, 0.3) is 11.5 Å². The van der Waals surface area contributed by atoms with Gasteiger partial charge in [-0.25, -0.2) is 9.59 Å². The van der Waals surface area contributed by atoms with Crippen LogP contribution in [0.15, 0.2) is 34.8 Å². The van der Waals surface area contributed by atoms with Crippen molar-refractivity contribution < 1.29 is 33.7 Å². The number of rotatable bonds is 4. The lowest BCUT2D eigenvalue weighted by atomic mass is 10.2. The first-order valence-corrected chi connectivity index (χ1v) is 9.36. The summed E-state index contributed by atoms with van der Waals surface area (Å²) in [6.07, 6.45) is 2.28. The highest BCUT2D eigenvalue weighted by atomic mass is 16.7. The molecule has 0 amide bonds. The van der Waals surface area contributed by atoms with Crippen molar-refractivity contribution in [2.24, 2.45) is 0 Å². The van der Waals surface area contributed by atoms with E-state index in [-0.39, 0.29) is 6.79 Å². The Hall–Kier alpha value is -3.60. The summed E-state index contributed by atoms with van der Waals surface area (Å²) in [7, 11) is 0. The molecule has 2 unspecified atom stereocenters. The molecule has 4 heterocycles. The lowest BCUT2D eigenvalue weighted by molar-refractivity contribution is -0.134. The average Bonchev–Trinajstić information content (AvgIpc) is 3.47. The summed E-state index contributed by atoms with van der Waals surface area (Å²) < 4.78 is 16.6. The lowest BCUT2D eigenvalue weighted by Crippen LogP contribution is -2.46. The highest BCUT2D eigenvalue weighted by molar-refractivity contribution is 5.89. The van der Waals surface area contributed by atoms with Crippen LogP contribution in [0, 0.1) is 0 Å². The summed E-state index contributed by atoms with van der Waals surface area (Å²) in [6.45, 7) is 4.55. The van der Waals surface area contributed by atoms with E-state index < -0.39 is 11.9 Å². The maximum atomic E-state index is 9.55. The zero-order valence-electron chi connectivity index (χ0n) is 15.9. The molecule has 5 rings (SSSR count). The van der Waals surface area contributed by atoms with Crippen LogP contribution >= 0.6 is 0 Å². The molecule has 30 heavy (non-hydrogen) atoms. The van der Waals surface area contributed by atoms with E-state index in [1.807, 2.05) is 18.2 Å². The van der Waals surface area contributed by atoms with Crippen LogP contribution in [0.5, 0.6) is 11.5 Å². The number of ether oxygens (including phenoxy) is 2. The minimum atomic E-state index is -1.26. The maximum absolute atomic E-state index is 9.55. The third-order valence-corrected chi connectivity index (χ3v) is 4.99. The van der Waals surface area contributed by atoms with E-state index in [0.29, 0.717) is 30.1 Å². The minimum absolute atomic E-state index is 0.264. The Morgan fingerprint density at radius 2 is 1.80 bits per heavy atom. The molecule has 2 bridgehead atoms. The van der Waals surface area contributed by atoms with E-state index in [2.05, 4.69) is 20.0 Å². The third kappa shape index (κ3) is 4.35. The number of aromatic nitrogens is 2. The fourth-order valence-electron chi connectivity index (χ4n) is 3.57. The van der Waals surface area contributed by atoms with Crippen molar-refractivity contribution in [3.63, 3.8) is 0 Å². The van der Waals surface area contributed by atoms with Gasteiger partial charge in [0.15, 0.2) is 11.5 Å². The molecule has 1 aromatic heterocycles. The van der Waals surface area contributed by atoms with E-state index in [1.54, 1.807) is 0 Å². The van der Waals surface area contributed by atoms with Gasteiger partial charge in [0, 0.05) is 49.9 Å². The molecule has 1 aromatic carbocycles. The number of aliphatic carboxylic acids is 2. The zero-order valence-corrected chi connectivity index (χ0v) is 15.9. The van der Waals surface area contributed by atoms with Gasteiger partial charge in [-0.3, -0.25) is 4.90 Å². The normalized spacial score (nSPS) is 21.4. The monoisotopic (exact) mass is 416 g/mol. The van der Waals surface area contributed by atoms with Gasteiger partial charge in [-0.15, -0.1) is 5.10 Å². The van der Waals surface area contributed by atoms with Crippen molar-refractivity contribution in [2.45, 2.75) is 12.5 Å². The van der Waals surface area contributed by atoms with Gasteiger partial charge in [0.1, 0.15) is 0 Å². The number of anilines is 1. The molecular formula is C19H20N4O7. The van der Waals surface area contributed by atoms with Gasteiger partial charge in [0.05, 0.1) is 0 Å². The Labute approximate surface area is 171 Å². The Balaban J connectivity index is 0.000000235. The first-order chi connectivity index (χ1) is 14.5. The van der Waals surface area contributed by atoms with Crippen LogP contribution in [-0.2, 0) is 9.59 Å². The van der Waals surface area contributed by atoms with E-state index in [4.69, 9.17) is 24.1 Å². The van der Waals surface area contributed by atoms with Gasteiger partial charge in [0.2, 0.25) is 12.7 Å². The highest BCUT2D eigenvalue weighted by Crippen LogP contribution is 2.36. The molecule has 0 aliphatic carbocycles. The van der Waals surface area contributed by atoms with E-state index >= 15 is 0 Å². The quantitative estimate of drug-likeness (QED) is 0.692. The molecule has 3 aliphatic rings. The molecule has 2 fully saturated rings. The first kappa shape index (κ1) is 19.7. The largest absolute Gasteiger partial charge is 0.478 e. The highest BCUT2D eigenvalue weighted by Gasteiger charge is 2.35. The molecule has 0 saturated carbocycles. The standard InChI is InChI=1S/C15H16N4O3.C4H4O4/c1-2-12-13(21-9-20-12)7-10(1)14-16-17-15(22-14)19-6-5-18-4-3-11(19)8-18;5-3(6)1-2-4(7)8/h1-2,7,11H,3-6,8-9H2;1-2H,(H,5,6)(H,7,8)/b;2-1+. The molecule has 3 aliphatic heterocycles. The predicted octanol–water partition coefficient (Wildman–Crippen LogP) is 1.07. The summed E-state index contributed by atoms with van der Waals surface area (Å²) in [5, 5.41) is 24.1. The van der Waals surface area contributed by atoms with Crippen LogP contribution in [0.3, 0.4) is 0 Å². The Morgan fingerprint density at radius 3 is 2.57 bits per heavy atom. The predicted molar refractivity (Wildman–Crippen MR) is 102 cm³/mol. The molecule has 11 nitrogen and oxygen atoms in total. The number of hydrogen-bond donors (Lipinski definition) is 2. The molecule has 2 N–H and O–H groups in total. The maximum Gasteiger partial charge on any atom is 0.328 e. The number of fused-ring (bicyclic) bond motifs is 3. The minimum Gasteiger partial charge on any atom is -0.478 e. The van der Waals surface area contributed by atoms with Crippen LogP contribution in [0.1, 0.15) is 6.42 Å². The smallest absolute Gasteiger partial charge is 0.328 e. The van der Waals surface area contributed by atoms with Crippen LogP contribution < -0.4 is 14.4 Å². The summed E-state index contributed by atoms with van der Waals surface area (Å²) in [5.74, 6) is -0.513. The number of benzene rings is 1. The molecule has 2 aromatic rings. The second-order valence-electron chi connectivity index (χ2n) is 6.90. The van der Waals surface area contributed by atoms with E-state index in [9.17, 15) is 9.59 Å². The zero-order chi connectivity index (χ0) is 21.1. The molecule has 2 atom stereocenters. The Kier molecular flexibility index (Phi) is 5.53. The van der Waals surface area contributed by atoms with Gasteiger partial charge < -0.3 is 29.0 Å². The topological polar surface area (TPSA) is 138 Å². The van der Waals surface area contributed by atoms with Gasteiger partial charge in [0.25, 0.3) is 0 Å². The summed E-state index contributed by atoms with van der Waals surface area (Å²) >= 11 is 0. The average molecular weight is 416 g/mol. The SMILES string of the molecule is O=C(O)/C=C/C(=O)O.c1cc2c(cc1-c1nnc(N3CCN4CCC3C4)o1)OCO2. The second kappa shape index (κ2) is 8.41. The number of carboxylic acids is 2. The van der Waals surface area contributed by atoms with E-state index in [1.165, 1.54) is 13.0 Å². The second-order valence-corrected chi connectivity index (χ2v) is 6.90. The van der Waals surface area contributed by atoms with Crippen molar-refractivity contribution in [1.29, 1.82) is 0 Å². The fraction of sp³-hybridized carbons (Fsp3) is 0.368. The van der Waals surface area contributed by atoms with Crippen LogP contribution in [0.4, 0.5) is 6.01 Å². The third-order valence-electron chi connectivity index (χ3n) is 4.99. The van der Waals surface area contributed by atoms with Crippen molar-refractivity contribution in [3.8, 4) is 23.0 Å². The molecule has 11 heteroatoms. The summed E-state index contributed by atoms with van der Waals surface area (Å²) in [4.78, 5) is 23.8. The number of carboxylic acid groups (broad SMARTS) is 2. The number of nitrogens with zero attached hydrogens (tertiary/aromatic N) is 4. The summed E-state index contributed by atoms with van der Waals surface area (Å²) in [5.41, 5.74) is 0.855. The van der Waals surface area contributed by atoms with Crippen LogP contribution in [0.2, 0.25) is 0 Å². The van der Waals surface area contributed by atoms with Crippen LogP contribution in [-0.4, -0.2) is 76.3 Å². The van der Waals surface area contributed by atoms with Gasteiger partial charge in [-0.05, 0) is 24.6 Å². The molecule has 0 radical (unpaired) electrons. The lowest BCUT2D eigenvalue weighted by Gasteiger charge is -2.32. The van der Waals surface area contributed by atoms with Crippen molar-refractivity contribution in [3.05, 3.63) is 30.4 Å². The van der Waals surface area contributed by atoms with Gasteiger partial charge in [-0.2, -0.15) is 0 Å². The first-order valence-electron chi connectivity index (χ1n) is 9.36. The van der Waals surface area contributed by atoms with Crippen molar-refractivity contribution >= 4 is 18.0 Å². The van der Waals surface area contributed by atoms with Crippen molar-refractivity contribution in [1.82, 2.24) is 15.1 Å². The fourth-order valence-corrected chi connectivity index (χ4v) is 3.57. The number of hydrogen-bond acceptors (Lipinski definition) is 9. The number of carbonyl (C=O) groups is 2. The summed E-state index contributed by atoms with van der Waals surface area (Å²) in [6, 6.07) is 6.79. The Bertz CT molecular complexity index is 958. The molecule has 158 valence electrons. The van der Waals surface area contributed by atoms with Gasteiger partial charge in [-0.1, -0.05) is 5.10 Å².